The average molecular weight is 293 g/mol. The Morgan fingerprint density at radius 2 is 2.19 bits per heavy atom. The van der Waals surface area contributed by atoms with Gasteiger partial charge in [0.2, 0.25) is 5.91 Å². The first-order valence-electron chi connectivity index (χ1n) is 6.62. The number of nitrogens with two attached hydrogens (primary N) is 1. The Morgan fingerprint density at radius 3 is 2.81 bits per heavy atom. The minimum atomic E-state index is -1.26. The van der Waals surface area contributed by atoms with Gasteiger partial charge in [-0.2, -0.15) is 0 Å². The second-order valence-corrected chi connectivity index (χ2v) is 5.17. The number of aliphatic carboxylic acids is 1. The van der Waals surface area contributed by atoms with Gasteiger partial charge < -0.3 is 20.9 Å². The van der Waals surface area contributed by atoms with Crippen LogP contribution in [0.25, 0.3) is 0 Å². The van der Waals surface area contributed by atoms with E-state index >= 15 is 0 Å². The fourth-order valence-corrected chi connectivity index (χ4v) is 2.37. The number of rotatable bonds is 5. The summed E-state index contributed by atoms with van der Waals surface area (Å²) in [6.07, 6.45) is 0.338. The van der Waals surface area contributed by atoms with Crippen molar-refractivity contribution < 1.29 is 19.4 Å². The van der Waals surface area contributed by atoms with Crippen LogP contribution in [0.1, 0.15) is 6.42 Å². The van der Waals surface area contributed by atoms with Crippen LogP contribution in [0.3, 0.4) is 0 Å². The fraction of sp³-hybridized carbons (Fsp3) is 0.429. The Labute approximate surface area is 122 Å². The summed E-state index contributed by atoms with van der Waals surface area (Å²) < 4.78 is 5.15. The highest BCUT2D eigenvalue weighted by molar-refractivity contribution is 5.93. The lowest BCUT2D eigenvalue weighted by atomic mass is 10.0. The molecule has 1 aliphatic heterocycles. The molecular formula is C14H19N3O4. The first-order chi connectivity index (χ1) is 9.94. The van der Waals surface area contributed by atoms with Crippen molar-refractivity contribution in [3.8, 4) is 5.75 Å². The number of para-hydroxylation sites is 2. The molecule has 1 aromatic rings. The Bertz CT molecular complexity index is 549. The number of anilines is 1. The number of hydrogen-bond donors (Lipinski definition) is 3. The molecule has 1 aliphatic rings. The van der Waals surface area contributed by atoms with E-state index in [1.807, 2.05) is 6.07 Å². The van der Waals surface area contributed by atoms with Crippen molar-refractivity contribution in [3.05, 3.63) is 24.3 Å². The number of methoxy groups -OCH3 is 1. The van der Waals surface area contributed by atoms with Gasteiger partial charge in [-0.05, 0) is 18.6 Å². The number of nitrogens with zero attached hydrogens (tertiary/aromatic N) is 1. The third kappa shape index (κ3) is 3.50. The molecule has 114 valence electrons. The van der Waals surface area contributed by atoms with Gasteiger partial charge in [0.1, 0.15) is 11.3 Å². The number of carbonyl (C=O) groups excluding carboxylic acids is 1. The maximum Gasteiger partial charge on any atom is 0.325 e. The van der Waals surface area contributed by atoms with Crippen LogP contribution in [0.15, 0.2) is 24.3 Å². The van der Waals surface area contributed by atoms with Crippen molar-refractivity contribution in [3.63, 3.8) is 0 Å². The molecule has 0 aromatic heterocycles. The molecule has 7 heteroatoms. The minimum Gasteiger partial charge on any atom is -0.495 e. The number of ether oxygens (including phenoxy) is 1. The van der Waals surface area contributed by atoms with Crippen molar-refractivity contribution in [1.82, 2.24) is 4.90 Å². The monoisotopic (exact) mass is 293 g/mol. The second-order valence-electron chi connectivity index (χ2n) is 5.17. The van der Waals surface area contributed by atoms with E-state index in [9.17, 15) is 9.59 Å². The maximum absolute atomic E-state index is 12.0. The van der Waals surface area contributed by atoms with Crippen LogP contribution in [0.2, 0.25) is 0 Å². The van der Waals surface area contributed by atoms with Crippen LogP contribution in [0.4, 0.5) is 5.69 Å². The van der Waals surface area contributed by atoms with E-state index in [-0.39, 0.29) is 19.0 Å². The molecule has 21 heavy (non-hydrogen) atoms. The van der Waals surface area contributed by atoms with E-state index in [0.29, 0.717) is 24.4 Å². The molecule has 0 radical (unpaired) electrons. The fourth-order valence-electron chi connectivity index (χ4n) is 2.37. The molecule has 1 atom stereocenters. The lowest BCUT2D eigenvalue weighted by Gasteiger charge is -2.19. The average Bonchev–Trinajstić information content (AvgIpc) is 2.82. The van der Waals surface area contributed by atoms with E-state index in [0.717, 1.165) is 0 Å². The predicted molar refractivity (Wildman–Crippen MR) is 77.2 cm³/mol. The molecule has 1 saturated heterocycles. The molecule has 7 nitrogen and oxygen atoms in total. The van der Waals surface area contributed by atoms with Gasteiger partial charge in [-0.1, -0.05) is 12.1 Å². The molecule has 0 spiro atoms. The first-order valence-corrected chi connectivity index (χ1v) is 6.62. The Morgan fingerprint density at radius 1 is 1.48 bits per heavy atom. The van der Waals surface area contributed by atoms with Gasteiger partial charge in [0.15, 0.2) is 0 Å². The molecule has 1 heterocycles. The van der Waals surface area contributed by atoms with Gasteiger partial charge in [0.05, 0.1) is 19.3 Å². The summed E-state index contributed by atoms with van der Waals surface area (Å²) in [6.45, 7) is 0.758. The zero-order valence-electron chi connectivity index (χ0n) is 11.8. The molecular weight excluding hydrogens is 274 g/mol. The first kappa shape index (κ1) is 15.3. The highest BCUT2D eigenvalue weighted by Gasteiger charge is 2.41. The highest BCUT2D eigenvalue weighted by Crippen LogP contribution is 2.23. The highest BCUT2D eigenvalue weighted by atomic mass is 16.5. The lowest BCUT2D eigenvalue weighted by Crippen LogP contribution is -2.50. The van der Waals surface area contributed by atoms with Gasteiger partial charge in [0.25, 0.3) is 0 Å². The number of carboxylic acid groups (broad SMARTS) is 1. The van der Waals surface area contributed by atoms with Crippen LogP contribution in [-0.4, -0.2) is 54.2 Å². The summed E-state index contributed by atoms with van der Waals surface area (Å²) in [5.74, 6) is -0.685. The van der Waals surface area contributed by atoms with Crippen molar-refractivity contribution in [2.24, 2.45) is 5.73 Å². The van der Waals surface area contributed by atoms with Crippen molar-refractivity contribution in [2.75, 3.05) is 32.1 Å². The molecule has 4 N–H and O–H groups in total. The number of nitrogens with one attached hydrogen (secondary N) is 1. The summed E-state index contributed by atoms with van der Waals surface area (Å²) >= 11 is 0. The van der Waals surface area contributed by atoms with E-state index < -0.39 is 11.5 Å². The number of likely N-dealkylation sites (tertiary alicyclic amines) is 1. The van der Waals surface area contributed by atoms with E-state index in [1.54, 1.807) is 23.1 Å². The number of benzene rings is 1. The largest absolute Gasteiger partial charge is 0.495 e. The smallest absolute Gasteiger partial charge is 0.325 e. The van der Waals surface area contributed by atoms with Crippen LogP contribution in [0, 0.1) is 0 Å². The van der Waals surface area contributed by atoms with Crippen LogP contribution in [0.5, 0.6) is 5.75 Å². The second kappa shape index (κ2) is 6.11. The topological polar surface area (TPSA) is 105 Å². The predicted octanol–water partition coefficient (Wildman–Crippen LogP) is 0.122. The Balaban J connectivity index is 1.93. The lowest BCUT2D eigenvalue weighted by molar-refractivity contribution is -0.143. The van der Waals surface area contributed by atoms with Crippen LogP contribution in [-0.2, 0) is 9.59 Å². The SMILES string of the molecule is COc1ccccc1NC(=O)CN1CCC(N)(C(=O)O)C1. The van der Waals surface area contributed by atoms with E-state index in [1.165, 1.54) is 7.11 Å². The molecule has 0 bridgehead atoms. The Kier molecular flexibility index (Phi) is 4.44. The van der Waals surface area contributed by atoms with E-state index in [4.69, 9.17) is 15.6 Å². The zero-order chi connectivity index (χ0) is 15.5. The molecule has 0 saturated carbocycles. The third-order valence-electron chi connectivity index (χ3n) is 3.55. The molecule has 2 rings (SSSR count). The van der Waals surface area contributed by atoms with Crippen LogP contribution >= 0.6 is 0 Å². The summed E-state index contributed by atoms with van der Waals surface area (Å²) in [5.41, 5.74) is 5.10. The molecule has 0 aliphatic carbocycles. The quantitative estimate of drug-likeness (QED) is 0.712. The van der Waals surface area contributed by atoms with Gasteiger partial charge in [-0.25, -0.2) is 0 Å². The number of amides is 1. The summed E-state index contributed by atoms with van der Waals surface area (Å²) in [6, 6.07) is 7.10. The standard InChI is InChI=1S/C14H19N3O4/c1-21-11-5-3-2-4-10(11)16-12(18)8-17-7-6-14(15,9-17)13(19)20/h2-5H,6-9,15H2,1H3,(H,16,18)(H,19,20). The molecule has 1 fully saturated rings. The number of carbonyl (C=O) groups is 2. The van der Waals surface area contributed by atoms with Crippen molar-refractivity contribution >= 4 is 17.6 Å². The molecule has 1 unspecified atom stereocenters. The van der Waals surface area contributed by atoms with Gasteiger partial charge in [0, 0.05) is 13.1 Å². The number of carboxylic acids is 1. The van der Waals surface area contributed by atoms with Gasteiger partial charge in [-0.3, -0.25) is 14.5 Å². The minimum absolute atomic E-state index is 0.101. The number of hydrogen-bond acceptors (Lipinski definition) is 5. The van der Waals surface area contributed by atoms with Crippen LogP contribution < -0.4 is 15.8 Å². The van der Waals surface area contributed by atoms with Crippen molar-refractivity contribution in [1.29, 1.82) is 0 Å². The zero-order valence-corrected chi connectivity index (χ0v) is 11.8. The summed E-state index contributed by atoms with van der Waals surface area (Å²) in [4.78, 5) is 24.8. The van der Waals surface area contributed by atoms with Gasteiger partial charge >= 0.3 is 5.97 Å². The van der Waals surface area contributed by atoms with E-state index in [2.05, 4.69) is 5.32 Å². The third-order valence-corrected chi connectivity index (χ3v) is 3.55. The van der Waals surface area contributed by atoms with Gasteiger partial charge in [-0.15, -0.1) is 0 Å². The maximum atomic E-state index is 12.0. The summed E-state index contributed by atoms with van der Waals surface area (Å²) in [7, 11) is 1.53. The summed E-state index contributed by atoms with van der Waals surface area (Å²) in [5, 5.41) is 11.8. The Hall–Kier alpha value is -2.12. The van der Waals surface area contributed by atoms with Crippen molar-refractivity contribution in [2.45, 2.75) is 12.0 Å². The molecule has 1 aromatic carbocycles. The normalized spacial score (nSPS) is 22.0. The molecule has 1 amide bonds.